The van der Waals surface area contributed by atoms with E-state index in [1.807, 2.05) is 32.0 Å². The molecule has 1 aromatic carbocycles. The van der Waals surface area contributed by atoms with Crippen LogP contribution in [0.4, 0.5) is 5.69 Å². The Labute approximate surface area is 102 Å². The average Bonchev–Trinajstić information content (AvgIpc) is 2.29. The van der Waals surface area contributed by atoms with Crippen LogP contribution < -0.4 is 10.6 Å². The Bertz CT molecular complexity index is 378. The van der Waals surface area contributed by atoms with Crippen LogP contribution in [0.5, 0.6) is 0 Å². The molecule has 1 amide bonds. The minimum atomic E-state index is -0.0531. The van der Waals surface area contributed by atoms with Gasteiger partial charge in [0.1, 0.15) is 0 Å². The largest absolute Gasteiger partial charge is 0.385 e. The first-order chi connectivity index (χ1) is 8.19. The molecule has 0 heterocycles. The first-order valence-electron chi connectivity index (χ1n) is 5.80. The normalized spacial score (nSPS) is 10.1. The SMILES string of the molecule is CCNc1ccc(C(=O)NCCOC)c(C)c1. The van der Waals surface area contributed by atoms with Crippen molar-refractivity contribution in [1.29, 1.82) is 0 Å². The molecule has 0 aliphatic heterocycles. The van der Waals surface area contributed by atoms with Crippen LogP contribution in [0.25, 0.3) is 0 Å². The van der Waals surface area contributed by atoms with Gasteiger partial charge in [0, 0.05) is 31.5 Å². The fourth-order valence-electron chi connectivity index (χ4n) is 1.59. The molecule has 94 valence electrons. The lowest BCUT2D eigenvalue weighted by molar-refractivity contribution is 0.0936. The number of hydrogen-bond donors (Lipinski definition) is 2. The lowest BCUT2D eigenvalue weighted by atomic mass is 10.1. The van der Waals surface area contributed by atoms with E-state index < -0.39 is 0 Å². The highest BCUT2D eigenvalue weighted by atomic mass is 16.5. The van der Waals surface area contributed by atoms with Crippen molar-refractivity contribution in [2.24, 2.45) is 0 Å². The molecule has 0 aliphatic rings. The fourth-order valence-corrected chi connectivity index (χ4v) is 1.59. The fraction of sp³-hybridized carbons (Fsp3) is 0.462. The van der Waals surface area contributed by atoms with Crippen molar-refractivity contribution < 1.29 is 9.53 Å². The minimum Gasteiger partial charge on any atom is -0.385 e. The zero-order valence-corrected chi connectivity index (χ0v) is 10.7. The molecule has 0 saturated heterocycles. The number of ether oxygens (including phenoxy) is 1. The van der Waals surface area contributed by atoms with Crippen LogP contribution in [0.15, 0.2) is 18.2 Å². The van der Waals surface area contributed by atoms with Crippen molar-refractivity contribution in [2.75, 3.05) is 32.1 Å². The van der Waals surface area contributed by atoms with E-state index in [0.29, 0.717) is 18.7 Å². The summed E-state index contributed by atoms with van der Waals surface area (Å²) >= 11 is 0. The van der Waals surface area contributed by atoms with Gasteiger partial charge in [0.05, 0.1) is 6.61 Å². The monoisotopic (exact) mass is 236 g/mol. The number of carbonyl (C=O) groups excluding carboxylic acids is 1. The summed E-state index contributed by atoms with van der Waals surface area (Å²) in [5.74, 6) is -0.0531. The van der Waals surface area contributed by atoms with E-state index in [4.69, 9.17) is 4.74 Å². The van der Waals surface area contributed by atoms with E-state index in [0.717, 1.165) is 17.8 Å². The lowest BCUT2D eigenvalue weighted by Gasteiger charge is -2.09. The molecule has 4 heteroatoms. The van der Waals surface area contributed by atoms with Gasteiger partial charge in [0.15, 0.2) is 0 Å². The Hall–Kier alpha value is -1.55. The number of rotatable bonds is 6. The van der Waals surface area contributed by atoms with Gasteiger partial charge in [-0.1, -0.05) is 0 Å². The highest BCUT2D eigenvalue weighted by molar-refractivity contribution is 5.96. The molecule has 17 heavy (non-hydrogen) atoms. The summed E-state index contributed by atoms with van der Waals surface area (Å²) in [6, 6.07) is 5.74. The third-order valence-electron chi connectivity index (χ3n) is 2.44. The van der Waals surface area contributed by atoms with Gasteiger partial charge in [0.25, 0.3) is 5.91 Å². The number of amides is 1. The Kier molecular flexibility index (Phi) is 5.49. The van der Waals surface area contributed by atoms with Crippen LogP contribution >= 0.6 is 0 Å². The van der Waals surface area contributed by atoms with Crippen molar-refractivity contribution in [3.8, 4) is 0 Å². The Balaban J connectivity index is 2.67. The molecule has 4 nitrogen and oxygen atoms in total. The molecule has 2 N–H and O–H groups in total. The number of carbonyl (C=O) groups is 1. The molecule has 0 aliphatic carbocycles. The van der Waals surface area contributed by atoms with Crippen LogP contribution in [0.1, 0.15) is 22.8 Å². The van der Waals surface area contributed by atoms with Crippen LogP contribution in [-0.4, -0.2) is 32.7 Å². The van der Waals surface area contributed by atoms with Crippen molar-refractivity contribution in [3.63, 3.8) is 0 Å². The minimum absolute atomic E-state index is 0.0531. The molecule has 0 aromatic heterocycles. The summed E-state index contributed by atoms with van der Waals surface area (Å²) < 4.78 is 4.88. The first kappa shape index (κ1) is 13.5. The number of anilines is 1. The summed E-state index contributed by atoms with van der Waals surface area (Å²) in [6.45, 7) is 5.91. The second-order valence-corrected chi connectivity index (χ2v) is 3.81. The zero-order valence-electron chi connectivity index (χ0n) is 10.7. The van der Waals surface area contributed by atoms with Gasteiger partial charge in [0.2, 0.25) is 0 Å². The summed E-state index contributed by atoms with van der Waals surface area (Å²) in [6.07, 6.45) is 0. The highest BCUT2D eigenvalue weighted by Crippen LogP contribution is 2.14. The van der Waals surface area contributed by atoms with E-state index in [2.05, 4.69) is 10.6 Å². The van der Waals surface area contributed by atoms with Gasteiger partial charge in [-0.3, -0.25) is 4.79 Å². The van der Waals surface area contributed by atoms with Gasteiger partial charge in [-0.15, -0.1) is 0 Å². The second kappa shape index (κ2) is 6.91. The molecule has 0 bridgehead atoms. The molecular weight excluding hydrogens is 216 g/mol. The molecule has 1 aromatic rings. The van der Waals surface area contributed by atoms with E-state index >= 15 is 0 Å². The Morgan fingerprint density at radius 2 is 2.18 bits per heavy atom. The summed E-state index contributed by atoms with van der Waals surface area (Å²) in [4.78, 5) is 11.8. The van der Waals surface area contributed by atoms with Crippen molar-refractivity contribution in [3.05, 3.63) is 29.3 Å². The summed E-state index contributed by atoms with van der Waals surface area (Å²) in [5, 5.41) is 6.02. The molecule has 0 radical (unpaired) electrons. The van der Waals surface area contributed by atoms with Crippen LogP contribution in [0, 0.1) is 6.92 Å². The molecule has 0 spiro atoms. The maximum absolute atomic E-state index is 11.8. The van der Waals surface area contributed by atoms with Gasteiger partial charge in [-0.25, -0.2) is 0 Å². The number of nitrogens with one attached hydrogen (secondary N) is 2. The number of benzene rings is 1. The van der Waals surface area contributed by atoms with E-state index in [-0.39, 0.29) is 5.91 Å². The van der Waals surface area contributed by atoms with Gasteiger partial charge in [-0.2, -0.15) is 0 Å². The van der Waals surface area contributed by atoms with Crippen LogP contribution in [0.3, 0.4) is 0 Å². The highest BCUT2D eigenvalue weighted by Gasteiger charge is 2.08. The van der Waals surface area contributed by atoms with Gasteiger partial charge >= 0.3 is 0 Å². The second-order valence-electron chi connectivity index (χ2n) is 3.81. The first-order valence-corrected chi connectivity index (χ1v) is 5.80. The summed E-state index contributed by atoms with van der Waals surface area (Å²) in [5.41, 5.74) is 2.72. The molecule has 0 saturated carbocycles. The molecule has 0 unspecified atom stereocenters. The summed E-state index contributed by atoms with van der Waals surface area (Å²) in [7, 11) is 1.61. The number of hydrogen-bond acceptors (Lipinski definition) is 3. The smallest absolute Gasteiger partial charge is 0.251 e. The molecule has 1 rings (SSSR count). The quantitative estimate of drug-likeness (QED) is 0.741. The molecule has 0 fully saturated rings. The van der Waals surface area contributed by atoms with Crippen molar-refractivity contribution in [1.82, 2.24) is 5.32 Å². The van der Waals surface area contributed by atoms with E-state index in [9.17, 15) is 4.79 Å². The molecular formula is C13H20N2O2. The third-order valence-corrected chi connectivity index (χ3v) is 2.44. The van der Waals surface area contributed by atoms with Crippen molar-refractivity contribution >= 4 is 11.6 Å². The number of methoxy groups -OCH3 is 1. The number of aryl methyl sites for hydroxylation is 1. The Morgan fingerprint density at radius 1 is 1.41 bits per heavy atom. The topological polar surface area (TPSA) is 50.4 Å². The predicted molar refractivity (Wildman–Crippen MR) is 69.6 cm³/mol. The van der Waals surface area contributed by atoms with Gasteiger partial charge in [-0.05, 0) is 37.6 Å². The average molecular weight is 236 g/mol. The lowest BCUT2D eigenvalue weighted by Crippen LogP contribution is -2.27. The maximum atomic E-state index is 11.8. The van der Waals surface area contributed by atoms with Crippen molar-refractivity contribution in [2.45, 2.75) is 13.8 Å². The van der Waals surface area contributed by atoms with Gasteiger partial charge < -0.3 is 15.4 Å². The Morgan fingerprint density at radius 3 is 2.76 bits per heavy atom. The zero-order chi connectivity index (χ0) is 12.7. The van der Waals surface area contributed by atoms with Crippen LogP contribution in [-0.2, 0) is 4.74 Å². The predicted octanol–water partition coefficient (Wildman–Crippen LogP) is 1.80. The molecule has 0 atom stereocenters. The van der Waals surface area contributed by atoms with E-state index in [1.165, 1.54) is 0 Å². The third kappa shape index (κ3) is 4.07. The van der Waals surface area contributed by atoms with Crippen LogP contribution in [0.2, 0.25) is 0 Å². The van der Waals surface area contributed by atoms with E-state index in [1.54, 1.807) is 7.11 Å². The standard InChI is InChI=1S/C13H20N2O2/c1-4-14-11-5-6-12(10(2)9-11)13(16)15-7-8-17-3/h5-6,9,14H,4,7-8H2,1-3H3,(H,15,16). The maximum Gasteiger partial charge on any atom is 0.251 e.